The zero-order valence-corrected chi connectivity index (χ0v) is 36.4. The van der Waals surface area contributed by atoms with E-state index in [0.717, 1.165) is 64.2 Å². The SMILES string of the molecule is CC/C=C/C=C/C=C/C=C/C=C/CCCCCC(=O)OCC(COCCC(C(=O)O)[N+](C)(C)C)OC(=O)CC/C=C/C/C=C/C/C=C/C/C=C/C/C=C/C/C=C/CC. The summed E-state index contributed by atoms with van der Waals surface area (Å²) in [5.41, 5.74) is 0. The molecule has 58 heavy (non-hydrogen) atoms. The minimum absolute atomic E-state index is 0.00594. The number of aliphatic carboxylic acids is 1. The normalized spacial score (nSPS) is 14.3. The fourth-order valence-electron chi connectivity index (χ4n) is 5.19. The van der Waals surface area contributed by atoms with Crippen LogP contribution in [0.3, 0.4) is 0 Å². The van der Waals surface area contributed by atoms with Gasteiger partial charge in [0.25, 0.3) is 0 Å². The molecule has 2 unspecified atom stereocenters. The molecular weight excluding hydrogens is 727 g/mol. The van der Waals surface area contributed by atoms with E-state index in [0.29, 0.717) is 19.3 Å². The van der Waals surface area contributed by atoms with Gasteiger partial charge in [0.05, 0.1) is 34.4 Å². The van der Waals surface area contributed by atoms with Gasteiger partial charge in [0.15, 0.2) is 12.1 Å². The molecule has 0 heterocycles. The molecule has 0 saturated heterocycles. The monoisotopic (exact) mass is 803 g/mol. The first-order valence-corrected chi connectivity index (χ1v) is 21.3. The van der Waals surface area contributed by atoms with Gasteiger partial charge in [-0.05, 0) is 70.6 Å². The maximum atomic E-state index is 12.7. The van der Waals surface area contributed by atoms with Gasteiger partial charge in [-0.1, -0.05) is 154 Å². The van der Waals surface area contributed by atoms with E-state index in [-0.39, 0.29) is 43.1 Å². The third-order valence-corrected chi connectivity index (χ3v) is 8.44. The average Bonchev–Trinajstić information content (AvgIpc) is 3.18. The summed E-state index contributed by atoms with van der Waals surface area (Å²) in [6, 6.07) is -0.644. The number of carbonyl (C=O) groups is 3. The highest BCUT2D eigenvalue weighted by Crippen LogP contribution is 2.10. The van der Waals surface area contributed by atoms with Crippen LogP contribution in [0.4, 0.5) is 0 Å². The van der Waals surface area contributed by atoms with E-state index in [4.69, 9.17) is 14.2 Å². The number of carbonyl (C=O) groups excluding carboxylic acids is 2. The van der Waals surface area contributed by atoms with Crippen molar-refractivity contribution >= 4 is 17.9 Å². The zero-order valence-electron chi connectivity index (χ0n) is 36.4. The molecular formula is C50H76NO7+. The van der Waals surface area contributed by atoms with E-state index in [9.17, 15) is 19.5 Å². The van der Waals surface area contributed by atoms with E-state index in [1.807, 2.05) is 81.9 Å². The number of esters is 2. The van der Waals surface area contributed by atoms with Crippen LogP contribution in [0.25, 0.3) is 0 Å². The lowest BCUT2D eigenvalue weighted by atomic mass is 10.1. The number of hydrogen-bond donors (Lipinski definition) is 1. The van der Waals surface area contributed by atoms with Crippen molar-refractivity contribution in [2.24, 2.45) is 0 Å². The van der Waals surface area contributed by atoms with Crippen LogP contribution >= 0.6 is 0 Å². The molecule has 1 N–H and O–H groups in total. The third-order valence-electron chi connectivity index (χ3n) is 8.44. The summed E-state index contributed by atoms with van der Waals surface area (Å²) < 4.78 is 17.1. The second-order valence-electron chi connectivity index (χ2n) is 14.6. The van der Waals surface area contributed by atoms with Crippen molar-refractivity contribution < 1.29 is 38.2 Å². The van der Waals surface area contributed by atoms with Crippen LogP contribution in [0.1, 0.15) is 110 Å². The first kappa shape index (κ1) is 53.5. The molecule has 0 aromatic heterocycles. The fraction of sp³-hybridized carbons (Fsp3) is 0.500. The molecule has 8 nitrogen and oxygen atoms in total. The smallest absolute Gasteiger partial charge is 0.362 e. The summed E-state index contributed by atoms with van der Waals surface area (Å²) in [7, 11) is 5.46. The fourth-order valence-corrected chi connectivity index (χ4v) is 5.19. The predicted molar refractivity (Wildman–Crippen MR) is 242 cm³/mol. The lowest BCUT2D eigenvalue weighted by molar-refractivity contribution is -0.887. The summed E-state index contributed by atoms with van der Waals surface area (Å²) in [4.78, 5) is 36.9. The van der Waals surface area contributed by atoms with Gasteiger partial charge in [-0.2, -0.15) is 0 Å². The molecule has 0 aliphatic rings. The van der Waals surface area contributed by atoms with Crippen molar-refractivity contribution in [2.45, 2.75) is 122 Å². The number of rotatable bonds is 35. The summed E-state index contributed by atoms with van der Waals surface area (Å²) in [6.07, 6.45) is 56.6. The molecule has 0 rings (SSSR count). The molecule has 0 aromatic rings. The van der Waals surface area contributed by atoms with Gasteiger partial charge in [-0.3, -0.25) is 9.59 Å². The summed E-state index contributed by atoms with van der Waals surface area (Å²) >= 11 is 0. The molecule has 0 saturated carbocycles. The second kappa shape index (κ2) is 39.3. The molecule has 0 fully saturated rings. The molecule has 0 aliphatic heterocycles. The first-order chi connectivity index (χ1) is 28.1. The van der Waals surface area contributed by atoms with Crippen LogP contribution in [-0.2, 0) is 28.6 Å². The molecule has 0 amide bonds. The van der Waals surface area contributed by atoms with Crippen molar-refractivity contribution in [1.29, 1.82) is 0 Å². The quantitative estimate of drug-likeness (QED) is 0.0224. The van der Waals surface area contributed by atoms with Gasteiger partial charge in [-0.15, -0.1) is 0 Å². The van der Waals surface area contributed by atoms with Crippen LogP contribution in [0.2, 0.25) is 0 Å². The van der Waals surface area contributed by atoms with Gasteiger partial charge in [0.1, 0.15) is 6.61 Å². The number of hydrogen-bond acceptors (Lipinski definition) is 6. The van der Waals surface area contributed by atoms with Crippen molar-refractivity contribution in [3.63, 3.8) is 0 Å². The Labute approximate surface area is 352 Å². The van der Waals surface area contributed by atoms with Gasteiger partial charge < -0.3 is 23.8 Å². The molecule has 8 heteroatoms. The number of carboxylic acids is 1. The second-order valence-corrected chi connectivity index (χ2v) is 14.6. The molecule has 0 aromatic carbocycles. The lowest BCUT2D eigenvalue weighted by Crippen LogP contribution is -2.50. The number of nitrogens with zero attached hydrogens (tertiary/aromatic N) is 1. The van der Waals surface area contributed by atoms with E-state index < -0.39 is 24.1 Å². The van der Waals surface area contributed by atoms with Crippen LogP contribution < -0.4 is 0 Å². The topological polar surface area (TPSA) is 99.1 Å². The summed E-state index contributed by atoms with van der Waals surface area (Å²) in [5.74, 6) is -1.66. The molecule has 0 bridgehead atoms. The number of allylic oxidation sites excluding steroid dienone is 22. The van der Waals surface area contributed by atoms with Crippen LogP contribution in [0, 0.1) is 0 Å². The van der Waals surface area contributed by atoms with E-state index >= 15 is 0 Å². The van der Waals surface area contributed by atoms with Gasteiger partial charge in [0.2, 0.25) is 0 Å². The minimum Gasteiger partial charge on any atom is -0.477 e. The molecule has 0 aliphatic carbocycles. The van der Waals surface area contributed by atoms with Gasteiger partial charge in [0, 0.05) is 19.3 Å². The molecule has 0 radical (unpaired) electrons. The number of unbranched alkanes of at least 4 members (excludes halogenated alkanes) is 3. The van der Waals surface area contributed by atoms with Crippen molar-refractivity contribution in [3.05, 3.63) is 134 Å². The number of carboxylic acid groups (broad SMARTS) is 1. The number of likely N-dealkylation sites (N-methyl/N-ethyl adjacent to an activating group) is 1. The largest absolute Gasteiger partial charge is 0.477 e. The Morgan fingerprint density at radius 3 is 1.55 bits per heavy atom. The van der Waals surface area contributed by atoms with E-state index in [1.54, 1.807) is 0 Å². The number of ether oxygens (including phenoxy) is 3. The molecule has 0 spiro atoms. The minimum atomic E-state index is -0.900. The van der Waals surface area contributed by atoms with Gasteiger partial charge in [-0.25, -0.2) is 4.79 Å². The Kier molecular flexibility index (Phi) is 36.2. The molecule has 2 atom stereocenters. The maximum Gasteiger partial charge on any atom is 0.362 e. The first-order valence-electron chi connectivity index (χ1n) is 21.3. The standard InChI is InChI=1S/C50H75NO7/c1-6-8-10-12-14-16-18-20-22-23-24-25-27-29-31-33-35-37-39-41-49(53)58-46(44-56-43-42-47(50(54)55)51(3,4)5)45-57-48(52)40-38-36-34-32-30-28-26-21-19-17-15-13-11-9-7-2/h8-11,13-17,19-22,24-26,28-31,35,37,46-47H,6-7,12,18,23,27,32-34,36,38-45H2,1-5H3/p+1/b10-8+,11-9+,15-13+,16-14+,19-17+,22-20+,25-24+,26-21+,30-28+,31-29+,37-35+. The number of quaternary nitrogens is 1. The Hall–Kier alpha value is -4.53. The van der Waals surface area contributed by atoms with Crippen molar-refractivity contribution in [2.75, 3.05) is 41.0 Å². The molecule has 322 valence electrons. The summed E-state index contributed by atoms with van der Waals surface area (Å²) in [5, 5.41) is 9.61. The highest BCUT2D eigenvalue weighted by Gasteiger charge is 2.31. The van der Waals surface area contributed by atoms with Crippen molar-refractivity contribution in [1.82, 2.24) is 0 Å². The average molecular weight is 803 g/mol. The van der Waals surface area contributed by atoms with Gasteiger partial charge >= 0.3 is 17.9 Å². The Morgan fingerprint density at radius 2 is 1.03 bits per heavy atom. The maximum absolute atomic E-state index is 12.7. The third kappa shape index (κ3) is 37.1. The Balaban J connectivity index is 4.61. The highest BCUT2D eigenvalue weighted by molar-refractivity contribution is 5.72. The highest BCUT2D eigenvalue weighted by atomic mass is 16.6. The Bertz CT molecular complexity index is 1400. The van der Waals surface area contributed by atoms with Crippen LogP contribution in [-0.4, -0.2) is 80.6 Å². The van der Waals surface area contributed by atoms with Crippen LogP contribution in [0.15, 0.2) is 134 Å². The van der Waals surface area contributed by atoms with Crippen molar-refractivity contribution in [3.8, 4) is 0 Å². The predicted octanol–water partition coefficient (Wildman–Crippen LogP) is 11.6. The Morgan fingerprint density at radius 1 is 0.534 bits per heavy atom. The van der Waals surface area contributed by atoms with Crippen LogP contribution in [0.5, 0.6) is 0 Å². The zero-order chi connectivity index (χ0) is 42.8. The lowest BCUT2D eigenvalue weighted by Gasteiger charge is -2.31. The summed E-state index contributed by atoms with van der Waals surface area (Å²) in [6.45, 7) is 4.31. The van der Waals surface area contributed by atoms with E-state index in [2.05, 4.69) is 86.8 Å². The van der Waals surface area contributed by atoms with E-state index in [1.165, 1.54) is 0 Å².